The summed E-state index contributed by atoms with van der Waals surface area (Å²) in [6, 6.07) is 17.6. The normalized spacial score (nSPS) is 9.12. The van der Waals surface area contributed by atoms with E-state index in [0.29, 0.717) is 0 Å². The maximum atomic E-state index is 11.4. The van der Waals surface area contributed by atoms with Crippen LogP contribution in [0.4, 0.5) is 0 Å². The summed E-state index contributed by atoms with van der Waals surface area (Å²) in [6.07, 6.45) is 0. The Morgan fingerprint density at radius 1 is 0.824 bits per heavy atom. The molecule has 0 aliphatic heterocycles. The van der Waals surface area contributed by atoms with Crippen molar-refractivity contribution < 1.29 is 4.79 Å². The number of hydrogen-bond acceptors (Lipinski definition) is 1. The van der Waals surface area contributed by atoms with Crippen molar-refractivity contribution in [2.24, 2.45) is 0 Å². The van der Waals surface area contributed by atoms with Crippen LogP contribution >= 0.6 is 0 Å². The standard InChI is InChI=1S/C14H12O.C2H6/c1-11(15)13-9-5-6-10-14(13)12-7-3-2-4-8-12;1-2/h2-10H,1H3;1-2H3. The Labute approximate surface area is 103 Å². The van der Waals surface area contributed by atoms with Crippen LogP contribution in [0.1, 0.15) is 31.1 Å². The highest BCUT2D eigenvalue weighted by molar-refractivity contribution is 6.00. The molecule has 0 fully saturated rings. The smallest absolute Gasteiger partial charge is 0.160 e. The van der Waals surface area contributed by atoms with Gasteiger partial charge >= 0.3 is 0 Å². The van der Waals surface area contributed by atoms with Gasteiger partial charge in [0, 0.05) is 5.56 Å². The van der Waals surface area contributed by atoms with E-state index >= 15 is 0 Å². The van der Waals surface area contributed by atoms with Gasteiger partial charge in [0.25, 0.3) is 0 Å². The highest BCUT2D eigenvalue weighted by atomic mass is 16.1. The zero-order valence-corrected chi connectivity index (χ0v) is 10.6. The Morgan fingerprint density at radius 3 is 1.94 bits per heavy atom. The molecule has 0 spiro atoms. The number of carbonyl (C=O) groups is 1. The number of Topliss-reactive ketones (excluding diaryl/α,β-unsaturated/α-hetero) is 1. The van der Waals surface area contributed by atoms with Crippen LogP contribution < -0.4 is 0 Å². The lowest BCUT2D eigenvalue weighted by molar-refractivity contribution is 0.101. The van der Waals surface area contributed by atoms with Gasteiger partial charge in [0.2, 0.25) is 0 Å². The van der Waals surface area contributed by atoms with Crippen molar-refractivity contribution in [3.63, 3.8) is 0 Å². The highest BCUT2D eigenvalue weighted by Crippen LogP contribution is 2.23. The second-order valence-corrected chi connectivity index (χ2v) is 3.47. The summed E-state index contributed by atoms with van der Waals surface area (Å²) >= 11 is 0. The Kier molecular flexibility index (Phi) is 5.15. The number of rotatable bonds is 2. The van der Waals surface area contributed by atoms with Gasteiger partial charge in [-0.3, -0.25) is 4.79 Å². The lowest BCUT2D eigenvalue weighted by Gasteiger charge is -2.06. The largest absolute Gasteiger partial charge is 0.294 e. The van der Waals surface area contributed by atoms with Crippen LogP contribution in [0.15, 0.2) is 54.6 Å². The van der Waals surface area contributed by atoms with Gasteiger partial charge in [-0.2, -0.15) is 0 Å². The van der Waals surface area contributed by atoms with Crippen LogP contribution in [0.25, 0.3) is 11.1 Å². The highest BCUT2D eigenvalue weighted by Gasteiger charge is 2.06. The second kappa shape index (κ2) is 6.64. The monoisotopic (exact) mass is 226 g/mol. The molecular formula is C16H18O. The molecule has 0 aliphatic carbocycles. The van der Waals surface area contributed by atoms with Crippen molar-refractivity contribution in [1.29, 1.82) is 0 Å². The van der Waals surface area contributed by atoms with Crippen molar-refractivity contribution in [2.45, 2.75) is 20.8 Å². The minimum Gasteiger partial charge on any atom is -0.294 e. The first-order valence-corrected chi connectivity index (χ1v) is 5.94. The predicted molar refractivity (Wildman–Crippen MR) is 73.2 cm³/mol. The number of hydrogen-bond donors (Lipinski definition) is 0. The SMILES string of the molecule is CC.CC(=O)c1ccccc1-c1ccccc1. The molecule has 88 valence electrons. The Balaban J connectivity index is 0.000000686. The molecule has 0 amide bonds. The summed E-state index contributed by atoms with van der Waals surface area (Å²) in [5.74, 6) is 0.106. The maximum Gasteiger partial charge on any atom is 0.160 e. The summed E-state index contributed by atoms with van der Waals surface area (Å²) in [7, 11) is 0. The summed E-state index contributed by atoms with van der Waals surface area (Å²) in [5.41, 5.74) is 2.87. The van der Waals surface area contributed by atoms with Crippen molar-refractivity contribution in [2.75, 3.05) is 0 Å². The molecule has 2 aromatic rings. The van der Waals surface area contributed by atoms with Gasteiger partial charge in [-0.15, -0.1) is 0 Å². The van der Waals surface area contributed by atoms with Gasteiger partial charge in [0.1, 0.15) is 0 Å². The molecule has 0 N–H and O–H groups in total. The number of benzene rings is 2. The van der Waals surface area contributed by atoms with Crippen LogP contribution in [0.3, 0.4) is 0 Å². The molecule has 2 aromatic carbocycles. The maximum absolute atomic E-state index is 11.4. The summed E-state index contributed by atoms with van der Waals surface area (Å²) in [5, 5.41) is 0. The van der Waals surface area contributed by atoms with E-state index in [-0.39, 0.29) is 5.78 Å². The third-order valence-electron chi connectivity index (χ3n) is 2.39. The Hall–Kier alpha value is -1.89. The van der Waals surface area contributed by atoms with Crippen molar-refractivity contribution in [1.82, 2.24) is 0 Å². The zero-order valence-electron chi connectivity index (χ0n) is 10.6. The molecule has 1 nitrogen and oxygen atoms in total. The van der Waals surface area contributed by atoms with E-state index in [1.165, 1.54) is 0 Å². The molecule has 0 heterocycles. The average molecular weight is 226 g/mol. The first-order valence-electron chi connectivity index (χ1n) is 5.94. The molecule has 0 saturated heterocycles. The van der Waals surface area contributed by atoms with E-state index in [9.17, 15) is 4.79 Å². The van der Waals surface area contributed by atoms with E-state index in [1.807, 2.05) is 68.4 Å². The van der Waals surface area contributed by atoms with Crippen LogP contribution in [0.5, 0.6) is 0 Å². The van der Waals surface area contributed by atoms with E-state index in [2.05, 4.69) is 0 Å². The van der Waals surface area contributed by atoms with E-state index < -0.39 is 0 Å². The van der Waals surface area contributed by atoms with Crippen molar-refractivity contribution >= 4 is 5.78 Å². The van der Waals surface area contributed by atoms with Gasteiger partial charge in [-0.05, 0) is 18.1 Å². The third kappa shape index (κ3) is 3.28. The average Bonchev–Trinajstić information content (AvgIpc) is 2.42. The van der Waals surface area contributed by atoms with Gasteiger partial charge in [0.05, 0.1) is 0 Å². The molecule has 0 aromatic heterocycles. The molecule has 0 radical (unpaired) electrons. The molecular weight excluding hydrogens is 208 g/mol. The fraction of sp³-hybridized carbons (Fsp3) is 0.188. The predicted octanol–water partition coefficient (Wildman–Crippen LogP) is 4.58. The van der Waals surface area contributed by atoms with Crippen LogP contribution in [-0.4, -0.2) is 5.78 Å². The minimum atomic E-state index is 0.106. The van der Waals surface area contributed by atoms with Crippen molar-refractivity contribution in [3.05, 3.63) is 60.2 Å². The van der Waals surface area contributed by atoms with E-state index in [1.54, 1.807) is 6.92 Å². The molecule has 1 heteroatoms. The molecule has 2 rings (SSSR count). The quantitative estimate of drug-likeness (QED) is 0.685. The molecule has 0 saturated carbocycles. The Bertz CT molecular complexity index is 472. The van der Waals surface area contributed by atoms with Crippen LogP contribution in [0.2, 0.25) is 0 Å². The minimum absolute atomic E-state index is 0.106. The molecule has 0 bridgehead atoms. The molecule has 0 atom stereocenters. The summed E-state index contributed by atoms with van der Waals surface area (Å²) < 4.78 is 0. The van der Waals surface area contributed by atoms with E-state index in [4.69, 9.17) is 0 Å². The second-order valence-electron chi connectivity index (χ2n) is 3.47. The van der Waals surface area contributed by atoms with Gasteiger partial charge < -0.3 is 0 Å². The number of carbonyl (C=O) groups excluding carboxylic acids is 1. The number of ketones is 1. The van der Waals surface area contributed by atoms with Crippen LogP contribution in [0, 0.1) is 0 Å². The van der Waals surface area contributed by atoms with Gasteiger partial charge in [-0.25, -0.2) is 0 Å². The topological polar surface area (TPSA) is 17.1 Å². The third-order valence-corrected chi connectivity index (χ3v) is 2.39. The van der Waals surface area contributed by atoms with Crippen molar-refractivity contribution in [3.8, 4) is 11.1 Å². The lowest BCUT2D eigenvalue weighted by Crippen LogP contribution is -1.95. The Morgan fingerprint density at radius 2 is 1.35 bits per heavy atom. The van der Waals surface area contributed by atoms with E-state index in [0.717, 1.165) is 16.7 Å². The molecule has 0 unspecified atom stereocenters. The molecule has 17 heavy (non-hydrogen) atoms. The fourth-order valence-electron chi connectivity index (χ4n) is 1.66. The fourth-order valence-corrected chi connectivity index (χ4v) is 1.66. The lowest BCUT2D eigenvalue weighted by atomic mass is 9.98. The van der Waals surface area contributed by atoms with Crippen LogP contribution in [-0.2, 0) is 0 Å². The first kappa shape index (κ1) is 13.2. The summed E-state index contributed by atoms with van der Waals surface area (Å²) in [4.78, 5) is 11.4. The zero-order chi connectivity index (χ0) is 12.7. The van der Waals surface area contributed by atoms with Gasteiger partial charge in [-0.1, -0.05) is 68.4 Å². The van der Waals surface area contributed by atoms with Gasteiger partial charge in [0.15, 0.2) is 5.78 Å². The summed E-state index contributed by atoms with van der Waals surface area (Å²) in [6.45, 7) is 5.60. The molecule has 0 aliphatic rings. The first-order chi connectivity index (χ1) is 8.29.